The fourth-order valence-electron chi connectivity index (χ4n) is 4.93. The van der Waals surface area contributed by atoms with E-state index in [-0.39, 0.29) is 34.3 Å². The van der Waals surface area contributed by atoms with Gasteiger partial charge in [-0.05, 0) is 35.2 Å². The van der Waals surface area contributed by atoms with Crippen molar-refractivity contribution in [3.05, 3.63) is 64.2 Å². The average molecular weight is 439 g/mol. The maximum atomic E-state index is 13.0. The molecule has 0 spiro atoms. The second kappa shape index (κ2) is 7.88. The van der Waals surface area contributed by atoms with Crippen molar-refractivity contribution in [1.29, 1.82) is 5.26 Å². The summed E-state index contributed by atoms with van der Waals surface area (Å²) in [6.45, 7) is 14.9. The highest BCUT2D eigenvalue weighted by Crippen LogP contribution is 2.55. The predicted octanol–water partition coefficient (Wildman–Crippen LogP) is 6.12. The lowest BCUT2D eigenvalue weighted by molar-refractivity contribution is -0.164. The molecule has 0 radical (unpaired) electrons. The maximum Gasteiger partial charge on any atom is 0.251 e. The van der Waals surface area contributed by atoms with Gasteiger partial charge in [-0.2, -0.15) is 5.26 Å². The van der Waals surface area contributed by atoms with Crippen molar-refractivity contribution in [3.8, 4) is 11.8 Å². The molecule has 1 aliphatic rings. The Kier molecular flexibility index (Phi) is 5.88. The first-order valence-corrected chi connectivity index (χ1v) is 10.9. The quantitative estimate of drug-likeness (QED) is 0.625. The summed E-state index contributed by atoms with van der Waals surface area (Å²) in [6.07, 6.45) is -0.127. The minimum absolute atomic E-state index is 0.0475. The molecule has 4 nitrogen and oxygen atoms in total. The van der Waals surface area contributed by atoms with E-state index in [1.807, 2.05) is 24.3 Å². The molecule has 5 heteroatoms. The number of nitrogens with one attached hydrogen (secondary N) is 1. The standard InChI is InChI=1S/C26H31ClN2O2/c1-24(2,3)18-11-8-16(9-12-18)21(30)29-22-25(4,5)23(26(22,6)7)31-19-13-10-17(15-28)20(27)14-19/h8-14,22-23H,1-7H3,(H,29,30). The van der Waals surface area contributed by atoms with E-state index in [2.05, 4.69) is 59.9 Å². The topological polar surface area (TPSA) is 62.1 Å². The molecule has 164 valence electrons. The fourth-order valence-corrected chi connectivity index (χ4v) is 5.14. The Morgan fingerprint density at radius 1 is 1.06 bits per heavy atom. The number of amides is 1. The van der Waals surface area contributed by atoms with Crippen LogP contribution in [0.1, 0.15) is 70.0 Å². The van der Waals surface area contributed by atoms with E-state index in [0.717, 1.165) is 0 Å². The Balaban J connectivity index is 1.74. The van der Waals surface area contributed by atoms with Crippen LogP contribution in [0.5, 0.6) is 5.75 Å². The number of carbonyl (C=O) groups excluding carboxylic acids is 1. The van der Waals surface area contributed by atoms with Crippen molar-refractivity contribution in [2.75, 3.05) is 0 Å². The highest BCUT2D eigenvalue weighted by molar-refractivity contribution is 6.31. The van der Waals surface area contributed by atoms with Crippen LogP contribution in [0, 0.1) is 22.2 Å². The van der Waals surface area contributed by atoms with Crippen molar-refractivity contribution >= 4 is 17.5 Å². The van der Waals surface area contributed by atoms with Crippen molar-refractivity contribution in [3.63, 3.8) is 0 Å². The Hall–Kier alpha value is -2.51. The number of nitrogens with zero attached hydrogens (tertiary/aromatic N) is 1. The molecule has 1 saturated carbocycles. The molecule has 1 amide bonds. The smallest absolute Gasteiger partial charge is 0.251 e. The first kappa shape index (κ1) is 23.2. The van der Waals surface area contributed by atoms with Gasteiger partial charge in [-0.1, -0.05) is 72.2 Å². The van der Waals surface area contributed by atoms with Gasteiger partial charge in [-0.25, -0.2) is 0 Å². The van der Waals surface area contributed by atoms with Crippen LogP contribution in [-0.4, -0.2) is 18.1 Å². The molecule has 31 heavy (non-hydrogen) atoms. The zero-order valence-electron chi connectivity index (χ0n) is 19.3. The summed E-state index contributed by atoms with van der Waals surface area (Å²) in [6, 6.07) is 14.9. The van der Waals surface area contributed by atoms with Crippen molar-refractivity contribution in [2.24, 2.45) is 10.8 Å². The summed E-state index contributed by atoms with van der Waals surface area (Å²) in [4.78, 5) is 13.0. The third-order valence-corrected chi connectivity index (χ3v) is 6.76. The van der Waals surface area contributed by atoms with Gasteiger partial charge < -0.3 is 10.1 Å². The predicted molar refractivity (Wildman–Crippen MR) is 125 cm³/mol. The molecule has 0 unspecified atom stereocenters. The van der Waals surface area contributed by atoms with E-state index in [0.29, 0.717) is 21.9 Å². The minimum atomic E-state index is -0.287. The van der Waals surface area contributed by atoms with Gasteiger partial charge in [0.15, 0.2) is 0 Å². The Bertz CT molecular complexity index is 1010. The van der Waals surface area contributed by atoms with Gasteiger partial charge in [-0.15, -0.1) is 0 Å². The number of nitriles is 1. The number of hydrogen-bond donors (Lipinski definition) is 1. The lowest BCUT2D eigenvalue weighted by Gasteiger charge is -2.63. The van der Waals surface area contributed by atoms with Gasteiger partial charge in [-0.3, -0.25) is 4.79 Å². The molecule has 1 fully saturated rings. The maximum absolute atomic E-state index is 13.0. The molecule has 1 N–H and O–H groups in total. The number of benzene rings is 2. The van der Waals surface area contributed by atoms with Crippen LogP contribution in [0.2, 0.25) is 5.02 Å². The zero-order chi connectivity index (χ0) is 23.2. The third-order valence-electron chi connectivity index (χ3n) is 6.44. The molecule has 0 atom stereocenters. The number of hydrogen-bond acceptors (Lipinski definition) is 3. The second-order valence-electron chi connectivity index (χ2n) is 10.6. The van der Waals surface area contributed by atoms with E-state index < -0.39 is 0 Å². The van der Waals surface area contributed by atoms with Crippen molar-refractivity contribution in [1.82, 2.24) is 5.32 Å². The lowest BCUT2D eigenvalue weighted by atomic mass is 9.49. The van der Waals surface area contributed by atoms with Crippen LogP contribution in [0.4, 0.5) is 0 Å². The Morgan fingerprint density at radius 2 is 1.65 bits per heavy atom. The van der Waals surface area contributed by atoms with Crippen LogP contribution < -0.4 is 10.1 Å². The largest absolute Gasteiger partial charge is 0.489 e. The van der Waals surface area contributed by atoms with Crippen LogP contribution >= 0.6 is 11.6 Å². The highest BCUT2D eigenvalue weighted by atomic mass is 35.5. The van der Waals surface area contributed by atoms with E-state index in [1.165, 1.54) is 5.56 Å². The number of carbonyl (C=O) groups is 1. The van der Waals surface area contributed by atoms with Crippen LogP contribution in [0.25, 0.3) is 0 Å². The second-order valence-corrected chi connectivity index (χ2v) is 11.0. The highest BCUT2D eigenvalue weighted by Gasteiger charge is 2.64. The summed E-state index contributed by atoms with van der Waals surface area (Å²) >= 11 is 6.16. The molecule has 0 aliphatic heterocycles. The Labute approximate surface area is 190 Å². The van der Waals surface area contributed by atoms with Gasteiger partial charge in [0.1, 0.15) is 17.9 Å². The zero-order valence-corrected chi connectivity index (χ0v) is 20.1. The van der Waals surface area contributed by atoms with Gasteiger partial charge in [0, 0.05) is 28.5 Å². The van der Waals surface area contributed by atoms with E-state index in [4.69, 9.17) is 21.6 Å². The summed E-state index contributed by atoms with van der Waals surface area (Å²) in [5.41, 5.74) is 1.75. The number of ether oxygens (including phenoxy) is 1. The van der Waals surface area contributed by atoms with Crippen LogP contribution in [-0.2, 0) is 5.41 Å². The summed E-state index contributed by atoms with van der Waals surface area (Å²) in [5.74, 6) is 0.546. The normalized spacial score (nSPS) is 21.5. The van der Waals surface area contributed by atoms with Crippen LogP contribution in [0.15, 0.2) is 42.5 Å². The third kappa shape index (κ3) is 4.29. The van der Waals surface area contributed by atoms with Gasteiger partial charge in [0.25, 0.3) is 5.91 Å². The van der Waals surface area contributed by atoms with Gasteiger partial charge >= 0.3 is 0 Å². The van der Waals surface area contributed by atoms with E-state index >= 15 is 0 Å². The molecule has 1 aliphatic carbocycles. The van der Waals surface area contributed by atoms with Crippen LogP contribution in [0.3, 0.4) is 0 Å². The molecule has 0 heterocycles. The fraction of sp³-hybridized carbons (Fsp3) is 0.462. The Morgan fingerprint density at radius 3 is 2.13 bits per heavy atom. The van der Waals surface area contributed by atoms with E-state index in [1.54, 1.807) is 18.2 Å². The minimum Gasteiger partial charge on any atom is -0.489 e. The number of rotatable bonds is 4. The molecule has 0 aromatic heterocycles. The van der Waals surface area contributed by atoms with E-state index in [9.17, 15) is 4.79 Å². The first-order chi connectivity index (χ1) is 14.3. The molecule has 3 rings (SSSR count). The molecule has 2 aromatic carbocycles. The molecular formula is C26H31ClN2O2. The summed E-state index contributed by atoms with van der Waals surface area (Å²) in [7, 11) is 0. The molecule has 0 saturated heterocycles. The summed E-state index contributed by atoms with van der Waals surface area (Å²) < 4.78 is 6.29. The average Bonchev–Trinajstić information content (AvgIpc) is 2.69. The SMILES string of the molecule is CC(C)(C)c1ccc(C(=O)NC2C(C)(C)C(Oc3ccc(C#N)c(Cl)c3)C2(C)C)cc1. The first-order valence-electron chi connectivity index (χ1n) is 10.6. The lowest BCUT2D eigenvalue weighted by Crippen LogP contribution is -2.74. The molecule has 2 aromatic rings. The monoisotopic (exact) mass is 438 g/mol. The van der Waals surface area contributed by atoms with Crippen molar-refractivity contribution < 1.29 is 9.53 Å². The van der Waals surface area contributed by atoms with Crippen molar-refractivity contribution in [2.45, 2.75) is 66.0 Å². The molecule has 0 bridgehead atoms. The summed E-state index contributed by atoms with van der Waals surface area (Å²) in [5, 5.41) is 12.7. The van der Waals surface area contributed by atoms with Gasteiger partial charge in [0.2, 0.25) is 0 Å². The number of halogens is 1. The molecular weight excluding hydrogens is 408 g/mol. The van der Waals surface area contributed by atoms with Gasteiger partial charge in [0.05, 0.1) is 10.6 Å².